The lowest BCUT2D eigenvalue weighted by atomic mass is 10.0. The first-order valence-corrected chi connectivity index (χ1v) is 11.6. The van der Waals surface area contributed by atoms with Crippen molar-refractivity contribution in [2.45, 2.75) is 51.4 Å². The molecule has 1 aromatic carbocycles. The van der Waals surface area contributed by atoms with Crippen LogP contribution < -0.4 is 10.1 Å². The number of fused-ring (bicyclic) bond motifs is 1. The van der Waals surface area contributed by atoms with Crippen LogP contribution in [0, 0.1) is 11.8 Å². The molecule has 0 unspecified atom stereocenters. The molecule has 2 aliphatic rings. The van der Waals surface area contributed by atoms with E-state index in [1.165, 1.54) is 4.90 Å². The summed E-state index contributed by atoms with van der Waals surface area (Å²) in [7, 11) is 3.20. The maximum Gasteiger partial charge on any atom is 0.390 e. The highest BCUT2D eigenvalue weighted by molar-refractivity contribution is 5.99. The Hall–Kier alpha value is -2.33. The van der Waals surface area contributed by atoms with Crippen LogP contribution in [0.5, 0.6) is 5.75 Å². The third-order valence-electron chi connectivity index (χ3n) is 6.47. The largest absolute Gasteiger partial charge is 0.491 e. The fourth-order valence-corrected chi connectivity index (χ4v) is 4.10. The molecule has 0 bridgehead atoms. The van der Waals surface area contributed by atoms with Crippen molar-refractivity contribution in [2.24, 2.45) is 11.8 Å². The van der Waals surface area contributed by atoms with Crippen LogP contribution in [0.3, 0.4) is 0 Å². The molecule has 0 saturated heterocycles. The minimum atomic E-state index is -4.26. The summed E-state index contributed by atoms with van der Waals surface area (Å²) in [5.41, 5.74) is 0.840. The average molecular weight is 486 g/mol. The number of hydrogen-bond donors (Lipinski definition) is 1. The molecule has 1 heterocycles. The summed E-state index contributed by atoms with van der Waals surface area (Å²) >= 11 is 0. The number of carbonyl (C=O) groups is 2. The van der Waals surface area contributed by atoms with E-state index in [2.05, 4.69) is 5.32 Å². The third kappa shape index (κ3) is 7.09. The fourth-order valence-electron chi connectivity index (χ4n) is 4.10. The van der Waals surface area contributed by atoms with Gasteiger partial charge in [0.2, 0.25) is 5.91 Å². The van der Waals surface area contributed by atoms with Crippen LogP contribution in [-0.4, -0.2) is 80.3 Å². The molecule has 34 heavy (non-hydrogen) atoms. The molecule has 3 rings (SSSR count). The second-order valence-electron chi connectivity index (χ2n) is 9.43. The predicted octanol–water partition coefficient (Wildman–Crippen LogP) is 3.79. The van der Waals surface area contributed by atoms with Gasteiger partial charge in [0.15, 0.2) is 0 Å². The monoisotopic (exact) mass is 485 g/mol. The lowest BCUT2D eigenvalue weighted by Gasteiger charge is -2.36. The van der Waals surface area contributed by atoms with Gasteiger partial charge in [0.25, 0.3) is 5.91 Å². The number of amides is 2. The lowest BCUT2D eigenvalue weighted by Crippen LogP contribution is -2.47. The molecule has 1 aliphatic heterocycles. The molecular weight excluding hydrogens is 451 g/mol. The number of carbonyl (C=O) groups excluding carboxylic acids is 2. The number of anilines is 1. The Bertz CT molecular complexity index is 876. The van der Waals surface area contributed by atoms with E-state index >= 15 is 0 Å². The Labute approximate surface area is 198 Å². The van der Waals surface area contributed by atoms with Gasteiger partial charge in [0, 0.05) is 57.5 Å². The first kappa shape index (κ1) is 26.3. The molecular formula is C24H34F3N3O4. The van der Waals surface area contributed by atoms with Crippen molar-refractivity contribution < 1.29 is 32.2 Å². The number of nitrogens with one attached hydrogen (secondary N) is 1. The molecule has 1 aromatic rings. The average Bonchev–Trinajstić information content (AvgIpc) is 3.62. The Morgan fingerprint density at radius 3 is 2.56 bits per heavy atom. The zero-order valence-electron chi connectivity index (χ0n) is 20.2. The van der Waals surface area contributed by atoms with Gasteiger partial charge >= 0.3 is 6.18 Å². The van der Waals surface area contributed by atoms with Gasteiger partial charge in [-0.2, -0.15) is 13.2 Å². The molecule has 1 fully saturated rings. The fraction of sp³-hybridized carbons (Fsp3) is 0.667. The number of alkyl halides is 3. The highest BCUT2D eigenvalue weighted by Crippen LogP contribution is 2.32. The number of methoxy groups -OCH3 is 1. The summed E-state index contributed by atoms with van der Waals surface area (Å²) in [5.74, 6) is -0.137. The minimum absolute atomic E-state index is 0.0184. The normalized spacial score (nSPS) is 25.1. The van der Waals surface area contributed by atoms with Crippen molar-refractivity contribution in [2.75, 3.05) is 45.7 Å². The van der Waals surface area contributed by atoms with E-state index in [9.17, 15) is 22.8 Å². The number of halogens is 3. The summed E-state index contributed by atoms with van der Waals surface area (Å²) in [6.07, 6.45) is -3.81. The van der Waals surface area contributed by atoms with Gasteiger partial charge in [0.1, 0.15) is 12.4 Å². The van der Waals surface area contributed by atoms with Gasteiger partial charge in [-0.15, -0.1) is 0 Å². The van der Waals surface area contributed by atoms with Crippen molar-refractivity contribution in [1.82, 2.24) is 9.80 Å². The zero-order valence-corrected chi connectivity index (χ0v) is 20.2. The standard InChI is InChI=1S/C24H34F3N3O4/c1-15-12-30(10-9-24(25,26)27)16(2)14-34-20-11-18(28-22(31)17-5-6-17)7-8-19(20)23(32)29(3)13-21(15)33-4/h7-8,11,15-17,21H,5-6,9-10,12-14H2,1-4H3,(H,28,31)/t15-,16+,21-/m0/s1. The van der Waals surface area contributed by atoms with Gasteiger partial charge in [-0.05, 0) is 37.8 Å². The highest BCUT2D eigenvalue weighted by Gasteiger charge is 2.33. The number of hydrogen-bond acceptors (Lipinski definition) is 5. The van der Waals surface area contributed by atoms with Gasteiger partial charge in [-0.25, -0.2) is 0 Å². The molecule has 1 aliphatic carbocycles. The number of likely N-dealkylation sites (N-methyl/N-ethyl adjacent to an activating group) is 1. The summed E-state index contributed by atoms with van der Waals surface area (Å²) in [6.45, 7) is 4.29. The van der Waals surface area contributed by atoms with E-state index < -0.39 is 12.6 Å². The van der Waals surface area contributed by atoms with Crippen LogP contribution in [0.25, 0.3) is 0 Å². The second kappa shape index (κ2) is 10.9. The minimum Gasteiger partial charge on any atom is -0.491 e. The molecule has 1 N–H and O–H groups in total. The summed E-state index contributed by atoms with van der Waals surface area (Å²) < 4.78 is 50.5. The maximum absolute atomic E-state index is 13.2. The first-order valence-electron chi connectivity index (χ1n) is 11.6. The van der Waals surface area contributed by atoms with Crippen LogP contribution in [-0.2, 0) is 9.53 Å². The number of benzene rings is 1. The lowest BCUT2D eigenvalue weighted by molar-refractivity contribution is -0.140. The van der Waals surface area contributed by atoms with Crippen LogP contribution in [0.1, 0.15) is 43.5 Å². The van der Waals surface area contributed by atoms with Crippen molar-refractivity contribution in [1.29, 1.82) is 0 Å². The zero-order chi connectivity index (χ0) is 25.0. The second-order valence-corrected chi connectivity index (χ2v) is 9.43. The van der Waals surface area contributed by atoms with E-state index in [1.807, 2.05) is 13.8 Å². The van der Waals surface area contributed by atoms with Gasteiger partial charge in [-0.3, -0.25) is 14.5 Å². The third-order valence-corrected chi connectivity index (χ3v) is 6.47. The maximum atomic E-state index is 13.2. The van der Waals surface area contributed by atoms with E-state index in [1.54, 1.807) is 37.3 Å². The summed E-state index contributed by atoms with van der Waals surface area (Å²) in [4.78, 5) is 28.7. The molecule has 7 nitrogen and oxygen atoms in total. The molecule has 2 amide bonds. The Morgan fingerprint density at radius 1 is 1.24 bits per heavy atom. The molecule has 0 aromatic heterocycles. The van der Waals surface area contributed by atoms with Crippen molar-refractivity contribution in [3.63, 3.8) is 0 Å². The van der Waals surface area contributed by atoms with E-state index in [0.717, 1.165) is 12.8 Å². The summed E-state index contributed by atoms with van der Waals surface area (Å²) in [5, 5.41) is 2.85. The highest BCUT2D eigenvalue weighted by atomic mass is 19.4. The molecule has 0 spiro atoms. The SMILES string of the molecule is CO[C@H]1CN(C)C(=O)c2ccc(NC(=O)C3CC3)cc2OC[C@@H](C)N(CCC(F)(F)F)C[C@@H]1C. The Morgan fingerprint density at radius 2 is 1.94 bits per heavy atom. The van der Waals surface area contributed by atoms with Crippen LogP contribution in [0.4, 0.5) is 18.9 Å². The van der Waals surface area contributed by atoms with Crippen LogP contribution >= 0.6 is 0 Å². The smallest absolute Gasteiger partial charge is 0.390 e. The van der Waals surface area contributed by atoms with Crippen LogP contribution in [0.15, 0.2) is 18.2 Å². The number of rotatable bonds is 5. The topological polar surface area (TPSA) is 71.1 Å². The quantitative estimate of drug-likeness (QED) is 0.687. The van der Waals surface area contributed by atoms with Gasteiger partial charge in [0.05, 0.1) is 18.1 Å². The Kier molecular flexibility index (Phi) is 8.46. The number of nitrogens with zero attached hydrogens (tertiary/aromatic N) is 2. The predicted molar refractivity (Wildman–Crippen MR) is 122 cm³/mol. The van der Waals surface area contributed by atoms with Gasteiger partial charge in [-0.1, -0.05) is 6.92 Å². The number of ether oxygens (including phenoxy) is 2. The molecule has 0 radical (unpaired) electrons. The van der Waals surface area contributed by atoms with Gasteiger partial charge < -0.3 is 19.7 Å². The van der Waals surface area contributed by atoms with Crippen molar-refractivity contribution in [3.05, 3.63) is 23.8 Å². The molecule has 10 heteroatoms. The van der Waals surface area contributed by atoms with E-state index in [0.29, 0.717) is 17.8 Å². The Balaban J connectivity index is 1.88. The first-order chi connectivity index (χ1) is 16.0. The molecule has 1 saturated carbocycles. The van der Waals surface area contributed by atoms with E-state index in [-0.39, 0.29) is 61.2 Å². The summed E-state index contributed by atoms with van der Waals surface area (Å²) in [6, 6.07) is 4.54. The molecule has 190 valence electrons. The molecule has 3 atom stereocenters. The van der Waals surface area contributed by atoms with Crippen LogP contribution in [0.2, 0.25) is 0 Å². The van der Waals surface area contributed by atoms with Crippen molar-refractivity contribution in [3.8, 4) is 5.75 Å². The van der Waals surface area contributed by atoms with Crippen molar-refractivity contribution >= 4 is 17.5 Å². The van der Waals surface area contributed by atoms with E-state index in [4.69, 9.17) is 9.47 Å².